The fourth-order valence-electron chi connectivity index (χ4n) is 3.71. The summed E-state index contributed by atoms with van der Waals surface area (Å²) in [7, 11) is 0. The monoisotopic (exact) mass is 458 g/mol. The number of rotatable bonds is 4. The van der Waals surface area contributed by atoms with Crippen molar-refractivity contribution in [1.82, 2.24) is 9.99 Å². The third kappa shape index (κ3) is 4.20. The number of hydrogen-bond acceptors (Lipinski definition) is 4. The van der Waals surface area contributed by atoms with Gasteiger partial charge in [0, 0.05) is 17.0 Å². The van der Waals surface area contributed by atoms with Crippen LogP contribution >= 0.6 is 12.2 Å². The quantitative estimate of drug-likeness (QED) is 0.355. The van der Waals surface area contributed by atoms with Crippen LogP contribution in [0.2, 0.25) is 0 Å². The van der Waals surface area contributed by atoms with Gasteiger partial charge in [-0.3, -0.25) is 34.7 Å². The van der Waals surface area contributed by atoms with Crippen LogP contribution in [0.4, 0.5) is 5.69 Å². The van der Waals surface area contributed by atoms with Crippen molar-refractivity contribution in [3.05, 3.63) is 94.3 Å². The second kappa shape index (κ2) is 8.84. The molecule has 33 heavy (non-hydrogen) atoms. The van der Waals surface area contributed by atoms with Crippen LogP contribution in [0.3, 0.4) is 0 Å². The van der Waals surface area contributed by atoms with Crippen LogP contribution in [0.25, 0.3) is 6.08 Å². The summed E-state index contributed by atoms with van der Waals surface area (Å²) < 4.78 is 1.64. The lowest BCUT2D eigenvalue weighted by Gasteiger charge is -2.30. The van der Waals surface area contributed by atoms with Crippen LogP contribution < -0.4 is 15.6 Å². The third-order valence-electron chi connectivity index (χ3n) is 5.48. The molecule has 2 heterocycles. The zero-order chi connectivity index (χ0) is 23.7. The first kappa shape index (κ1) is 22.2. The van der Waals surface area contributed by atoms with E-state index < -0.39 is 11.8 Å². The first-order valence-electron chi connectivity index (χ1n) is 10.3. The molecule has 2 N–H and O–H groups in total. The number of nitrogens with one attached hydrogen (secondary N) is 2. The van der Waals surface area contributed by atoms with E-state index in [1.54, 1.807) is 54.1 Å². The van der Waals surface area contributed by atoms with E-state index in [1.165, 1.54) is 11.0 Å². The standard InChI is InChI=1S/C25H22N4O3S/c1-15-9-7-8-12-21(15)28-24(32)20(23(31)26-25(28)33)14-19-13-16(2)29(17(19)3)27-22(30)18-10-5-4-6-11-18/h4-14H,1-3H3,(H,27,30)(H,26,31,33)/b20-14+. The van der Waals surface area contributed by atoms with Gasteiger partial charge in [-0.2, -0.15) is 0 Å². The summed E-state index contributed by atoms with van der Waals surface area (Å²) in [5.74, 6) is -1.33. The van der Waals surface area contributed by atoms with Crippen molar-refractivity contribution < 1.29 is 14.4 Å². The number of hydrogen-bond donors (Lipinski definition) is 2. The third-order valence-corrected chi connectivity index (χ3v) is 5.76. The minimum Gasteiger partial charge on any atom is -0.298 e. The summed E-state index contributed by atoms with van der Waals surface area (Å²) in [4.78, 5) is 39.9. The zero-order valence-corrected chi connectivity index (χ0v) is 19.2. The molecule has 0 unspecified atom stereocenters. The number of anilines is 1. The van der Waals surface area contributed by atoms with Crippen LogP contribution in [0.5, 0.6) is 0 Å². The molecule has 0 aliphatic carbocycles. The molecule has 0 saturated carbocycles. The molecule has 0 atom stereocenters. The number of aryl methyl sites for hydroxylation is 2. The Bertz CT molecular complexity index is 1320. The number of amides is 3. The molecule has 1 aliphatic rings. The lowest BCUT2D eigenvalue weighted by Crippen LogP contribution is -2.54. The molecule has 7 nitrogen and oxygen atoms in total. The van der Waals surface area contributed by atoms with Gasteiger partial charge in [0.15, 0.2) is 5.11 Å². The first-order valence-corrected chi connectivity index (χ1v) is 10.7. The fraction of sp³-hybridized carbons (Fsp3) is 0.120. The van der Waals surface area contributed by atoms with E-state index in [2.05, 4.69) is 10.7 Å². The highest BCUT2D eigenvalue weighted by Gasteiger charge is 2.35. The average Bonchev–Trinajstić information content (AvgIpc) is 3.05. The molecule has 0 spiro atoms. The Morgan fingerprint density at radius 1 is 1.00 bits per heavy atom. The number of nitrogens with zero attached hydrogens (tertiary/aromatic N) is 2. The number of carbonyl (C=O) groups is 3. The van der Waals surface area contributed by atoms with Crippen molar-refractivity contribution in [3.8, 4) is 0 Å². The summed E-state index contributed by atoms with van der Waals surface area (Å²) in [6.45, 7) is 5.51. The van der Waals surface area contributed by atoms with Gasteiger partial charge in [-0.25, -0.2) is 0 Å². The minimum atomic E-state index is -0.562. The summed E-state index contributed by atoms with van der Waals surface area (Å²) in [5.41, 5.74) is 6.87. The van der Waals surface area contributed by atoms with Crippen molar-refractivity contribution in [3.63, 3.8) is 0 Å². The van der Waals surface area contributed by atoms with Crippen LogP contribution in [0, 0.1) is 20.8 Å². The number of benzene rings is 2. The molecule has 3 amide bonds. The molecule has 2 aromatic carbocycles. The van der Waals surface area contributed by atoms with Crippen molar-refractivity contribution in [2.75, 3.05) is 10.3 Å². The molecule has 1 fully saturated rings. The van der Waals surface area contributed by atoms with Gasteiger partial charge < -0.3 is 0 Å². The Kier molecular flexibility index (Phi) is 5.93. The van der Waals surface area contributed by atoms with Crippen molar-refractivity contribution in [2.45, 2.75) is 20.8 Å². The molecular weight excluding hydrogens is 436 g/mol. The highest BCUT2D eigenvalue weighted by molar-refractivity contribution is 7.80. The molecule has 1 aliphatic heterocycles. The Hall–Kier alpha value is -4.04. The molecular formula is C25H22N4O3S. The van der Waals surface area contributed by atoms with Gasteiger partial charge in [-0.1, -0.05) is 36.4 Å². The second-order valence-electron chi connectivity index (χ2n) is 7.71. The van der Waals surface area contributed by atoms with E-state index in [-0.39, 0.29) is 16.6 Å². The van der Waals surface area contributed by atoms with Crippen LogP contribution in [0.1, 0.15) is 32.9 Å². The highest BCUT2D eigenvalue weighted by Crippen LogP contribution is 2.26. The van der Waals surface area contributed by atoms with E-state index >= 15 is 0 Å². The lowest BCUT2D eigenvalue weighted by molar-refractivity contribution is -0.122. The Balaban J connectivity index is 1.68. The van der Waals surface area contributed by atoms with Crippen molar-refractivity contribution in [1.29, 1.82) is 0 Å². The van der Waals surface area contributed by atoms with Gasteiger partial charge >= 0.3 is 0 Å². The molecule has 0 radical (unpaired) electrons. The lowest BCUT2D eigenvalue weighted by atomic mass is 10.1. The molecule has 166 valence electrons. The van der Waals surface area contributed by atoms with E-state index in [4.69, 9.17) is 12.2 Å². The van der Waals surface area contributed by atoms with Gasteiger partial charge in [0.05, 0.1) is 5.69 Å². The van der Waals surface area contributed by atoms with Crippen molar-refractivity contribution in [2.24, 2.45) is 0 Å². The molecule has 4 rings (SSSR count). The Morgan fingerprint density at radius 3 is 2.36 bits per heavy atom. The maximum Gasteiger partial charge on any atom is 0.270 e. The van der Waals surface area contributed by atoms with Crippen LogP contribution in [-0.4, -0.2) is 27.5 Å². The van der Waals surface area contributed by atoms with E-state index in [0.717, 1.165) is 11.3 Å². The SMILES string of the molecule is Cc1ccccc1N1C(=O)/C(=C/c2cc(C)n(NC(=O)c3ccccc3)c2C)C(=O)NC1=S. The fourth-order valence-corrected chi connectivity index (χ4v) is 3.98. The Morgan fingerprint density at radius 2 is 1.67 bits per heavy atom. The van der Waals surface area contributed by atoms with Gasteiger partial charge in [0.1, 0.15) is 5.57 Å². The van der Waals surface area contributed by atoms with Crippen LogP contribution in [0.15, 0.2) is 66.2 Å². The average molecular weight is 459 g/mol. The van der Waals surface area contributed by atoms with Crippen molar-refractivity contribution >= 4 is 46.8 Å². The van der Waals surface area contributed by atoms with Gasteiger partial charge in [-0.05, 0) is 74.5 Å². The number of thiocarbonyl (C=S) groups is 1. The molecule has 1 aromatic heterocycles. The Labute approximate surface area is 196 Å². The van der Waals surface area contributed by atoms with Crippen LogP contribution in [-0.2, 0) is 9.59 Å². The van der Waals surface area contributed by atoms with Gasteiger partial charge in [-0.15, -0.1) is 0 Å². The smallest absolute Gasteiger partial charge is 0.270 e. The maximum atomic E-state index is 13.3. The highest BCUT2D eigenvalue weighted by atomic mass is 32.1. The molecule has 3 aromatic rings. The maximum absolute atomic E-state index is 13.3. The summed E-state index contributed by atoms with van der Waals surface area (Å²) in [6, 6.07) is 18.0. The summed E-state index contributed by atoms with van der Waals surface area (Å²) in [5, 5.41) is 2.64. The molecule has 8 heteroatoms. The first-order chi connectivity index (χ1) is 15.8. The predicted molar refractivity (Wildman–Crippen MR) is 131 cm³/mol. The van der Waals surface area contributed by atoms with E-state index in [0.29, 0.717) is 22.5 Å². The van der Waals surface area contributed by atoms with E-state index in [9.17, 15) is 14.4 Å². The molecule has 0 bridgehead atoms. The summed E-state index contributed by atoms with van der Waals surface area (Å²) in [6.07, 6.45) is 1.53. The largest absolute Gasteiger partial charge is 0.298 e. The van der Waals surface area contributed by atoms with Gasteiger partial charge in [0.2, 0.25) is 0 Å². The topological polar surface area (TPSA) is 83.4 Å². The predicted octanol–water partition coefficient (Wildman–Crippen LogP) is 3.63. The second-order valence-corrected chi connectivity index (χ2v) is 8.10. The minimum absolute atomic E-state index is 0.0389. The number of aromatic nitrogens is 1. The number of carbonyl (C=O) groups excluding carboxylic acids is 3. The zero-order valence-electron chi connectivity index (χ0n) is 18.4. The number of para-hydroxylation sites is 1. The molecule has 1 saturated heterocycles. The van der Waals surface area contributed by atoms with Gasteiger partial charge in [0.25, 0.3) is 17.7 Å². The van der Waals surface area contributed by atoms with E-state index in [1.807, 2.05) is 32.0 Å². The normalized spacial score (nSPS) is 15.1. The summed E-state index contributed by atoms with van der Waals surface area (Å²) >= 11 is 5.28.